The lowest BCUT2D eigenvalue weighted by Gasteiger charge is -2.08. The first kappa shape index (κ1) is 21.6. The number of nitro benzene ring substituents is 1. The van der Waals surface area contributed by atoms with Crippen molar-refractivity contribution in [2.75, 3.05) is 5.32 Å². The largest absolute Gasteiger partial charge is 0.403 e. The van der Waals surface area contributed by atoms with Crippen LogP contribution in [-0.4, -0.2) is 34.7 Å². The summed E-state index contributed by atoms with van der Waals surface area (Å²) < 4.78 is 31.0. The van der Waals surface area contributed by atoms with Crippen molar-refractivity contribution in [3.8, 4) is 11.5 Å². The van der Waals surface area contributed by atoms with E-state index in [-0.39, 0.29) is 22.5 Å². The van der Waals surface area contributed by atoms with Crippen LogP contribution < -0.4 is 5.32 Å². The monoisotopic (exact) mass is 472 g/mol. The van der Waals surface area contributed by atoms with E-state index in [1.807, 2.05) is 0 Å². The molecule has 0 saturated heterocycles. The minimum absolute atomic E-state index is 0.0491. The smallest absolute Gasteiger partial charge is 0.322 e. The van der Waals surface area contributed by atoms with E-state index in [0.29, 0.717) is 15.8 Å². The van der Waals surface area contributed by atoms with Gasteiger partial charge in [0.25, 0.3) is 11.6 Å². The van der Waals surface area contributed by atoms with E-state index in [1.165, 1.54) is 24.3 Å². The van der Waals surface area contributed by atoms with Crippen LogP contribution in [0.15, 0.2) is 57.8 Å². The maximum Gasteiger partial charge on any atom is 0.322 e. The molecule has 2 aromatic carbocycles. The number of nitrogens with one attached hydrogen (secondary N) is 1. The molecule has 0 saturated carbocycles. The second-order valence-electron chi connectivity index (χ2n) is 7.08. The average molecular weight is 473 g/mol. The van der Waals surface area contributed by atoms with E-state index >= 15 is 0 Å². The Bertz CT molecular complexity index is 1460. The first-order valence-electron chi connectivity index (χ1n) is 9.32. The minimum atomic E-state index is -3.48. The number of non-ortho nitro benzene ring substituents is 1. The highest BCUT2D eigenvalue weighted by molar-refractivity contribution is 7.92. The Labute approximate surface area is 186 Å². The van der Waals surface area contributed by atoms with Gasteiger partial charge in [0.1, 0.15) is 0 Å². The Hall–Kier alpha value is -3.64. The van der Waals surface area contributed by atoms with Crippen molar-refractivity contribution in [2.24, 2.45) is 0 Å². The summed E-state index contributed by atoms with van der Waals surface area (Å²) in [6.45, 7) is 3.18. The van der Waals surface area contributed by atoms with E-state index in [1.54, 1.807) is 38.1 Å². The highest BCUT2D eigenvalue weighted by Gasteiger charge is 2.21. The van der Waals surface area contributed by atoms with E-state index in [2.05, 4.69) is 15.5 Å². The lowest BCUT2D eigenvalue weighted by Crippen LogP contribution is -2.13. The Balaban J connectivity index is 1.55. The molecule has 32 heavy (non-hydrogen) atoms. The SMILES string of the molecule is CC(C)S(=O)(=O)c1cccc(-c2nnc(NC(=O)c3cc4cc([N+](=O)[O-])ccc4s3)o2)c1. The molecule has 0 aliphatic heterocycles. The van der Waals surface area contributed by atoms with Crippen molar-refractivity contribution >= 4 is 48.9 Å². The van der Waals surface area contributed by atoms with Gasteiger partial charge in [0, 0.05) is 27.8 Å². The van der Waals surface area contributed by atoms with Crippen LogP contribution in [0.25, 0.3) is 21.5 Å². The maximum absolute atomic E-state index is 12.6. The number of amides is 1. The number of nitro groups is 1. The van der Waals surface area contributed by atoms with Gasteiger partial charge in [0.05, 0.1) is 19.9 Å². The molecule has 4 rings (SSSR count). The number of sulfone groups is 1. The summed E-state index contributed by atoms with van der Waals surface area (Å²) in [6, 6.07) is 11.9. The third-order valence-electron chi connectivity index (χ3n) is 4.61. The molecular weight excluding hydrogens is 456 g/mol. The predicted octanol–water partition coefficient (Wildman–Crippen LogP) is 4.29. The summed E-state index contributed by atoms with van der Waals surface area (Å²) in [5.41, 5.74) is 0.333. The van der Waals surface area contributed by atoms with Gasteiger partial charge in [-0.2, -0.15) is 0 Å². The molecule has 10 nitrogen and oxygen atoms in total. The van der Waals surface area contributed by atoms with Crippen LogP contribution in [0.1, 0.15) is 23.5 Å². The second-order valence-corrected chi connectivity index (χ2v) is 10.7. The Morgan fingerprint density at radius 2 is 1.94 bits per heavy atom. The van der Waals surface area contributed by atoms with Gasteiger partial charge in [-0.15, -0.1) is 16.4 Å². The van der Waals surface area contributed by atoms with Crippen molar-refractivity contribution in [3.05, 3.63) is 63.5 Å². The highest BCUT2D eigenvalue weighted by Crippen LogP contribution is 2.30. The number of nitrogens with zero attached hydrogens (tertiary/aromatic N) is 3. The molecule has 0 spiro atoms. The third kappa shape index (κ3) is 4.09. The van der Waals surface area contributed by atoms with Gasteiger partial charge in [-0.1, -0.05) is 11.2 Å². The number of thiophene rings is 1. The molecule has 0 unspecified atom stereocenters. The Morgan fingerprint density at radius 1 is 1.16 bits per heavy atom. The minimum Gasteiger partial charge on any atom is -0.403 e. The fraction of sp³-hybridized carbons (Fsp3) is 0.150. The number of rotatable bonds is 6. The molecule has 0 aliphatic rings. The lowest BCUT2D eigenvalue weighted by atomic mass is 10.2. The molecule has 0 aliphatic carbocycles. The molecule has 4 aromatic rings. The number of carbonyl (C=O) groups is 1. The molecule has 1 N–H and O–H groups in total. The van der Waals surface area contributed by atoms with Gasteiger partial charge in [-0.05, 0) is 44.2 Å². The number of carbonyl (C=O) groups excluding carboxylic acids is 1. The fourth-order valence-corrected chi connectivity index (χ4v) is 4.93. The van der Waals surface area contributed by atoms with Crippen molar-refractivity contribution in [1.82, 2.24) is 10.2 Å². The summed E-state index contributed by atoms with van der Waals surface area (Å²) in [4.78, 5) is 23.4. The molecule has 164 valence electrons. The quantitative estimate of drug-likeness (QED) is 0.323. The summed E-state index contributed by atoms with van der Waals surface area (Å²) in [5.74, 6) is -0.465. The van der Waals surface area contributed by atoms with Crippen molar-refractivity contribution in [3.63, 3.8) is 0 Å². The maximum atomic E-state index is 12.6. The molecule has 2 aromatic heterocycles. The first-order chi connectivity index (χ1) is 15.1. The van der Waals surface area contributed by atoms with Crippen LogP contribution in [-0.2, 0) is 9.84 Å². The third-order valence-corrected chi connectivity index (χ3v) is 7.88. The number of benzene rings is 2. The van der Waals surface area contributed by atoms with Crippen LogP contribution in [0, 0.1) is 10.1 Å². The van der Waals surface area contributed by atoms with Gasteiger partial charge >= 0.3 is 6.01 Å². The number of hydrogen-bond donors (Lipinski definition) is 1. The van der Waals surface area contributed by atoms with Crippen LogP contribution in [0.2, 0.25) is 0 Å². The number of fused-ring (bicyclic) bond motifs is 1. The summed E-state index contributed by atoms with van der Waals surface area (Å²) in [7, 11) is -3.48. The molecule has 0 atom stereocenters. The second kappa shape index (κ2) is 8.13. The first-order valence-corrected chi connectivity index (χ1v) is 11.7. The van der Waals surface area contributed by atoms with E-state index < -0.39 is 25.9 Å². The summed E-state index contributed by atoms with van der Waals surface area (Å²) >= 11 is 1.16. The summed E-state index contributed by atoms with van der Waals surface area (Å²) in [6.07, 6.45) is 0. The zero-order valence-corrected chi connectivity index (χ0v) is 18.4. The lowest BCUT2D eigenvalue weighted by molar-refractivity contribution is -0.384. The molecule has 0 bridgehead atoms. The van der Waals surface area contributed by atoms with Crippen LogP contribution in [0.3, 0.4) is 0 Å². The van der Waals surface area contributed by atoms with E-state index in [9.17, 15) is 23.3 Å². The van der Waals surface area contributed by atoms with Gasteiger partial charge in [0.15, 0.2) is 9.84 Å². The normalized spacial score (nSPS) is 11.7. The average Bonchev–Trinajstić information content (AvgIpc) is 3.40. The number of aromatic nitrogens is 2. The molecule has 12 heteroatoms. The molecule has 1 amide bonds. The van der Waals surface area contributed by atoms with Crippen LogP contribution in [0.5, 0.6) is 0 Å². The van der Waals surface area contributed by atoms with Crippen LogP contribution in [0.4, 0.5) is 11.7 Å². The van der Waals surface area contributed by atoms with E-state index in [0.717, 1.165) is 16.0 Å². The Kier molecular flexibility index (Phi) is 5.48. The van der Waals surface area contributed by atoms with Crippen molar-refractivity contribution in [2.45, 2.75) is 24.0 Å². The molecule has 2 heterocycles. The molecular formula is C20H16N4O6S2. The zero-order valence-electron chi connectivity index (χ0n) is 16.8. The Morgan fingerprint density at radius 3 is 2.66 bits per heavy atom. The van der Waals surface area contributed by atoms with E-state index in [4.69, 9.17) is 4.42 Å². The molecule has 0 fully saturated rings. The predicted molar refractivity (Wildman–Crippen MR) is 118 cm³/mol. The van der Waals surface area contributed by atoms with Crippen molar-refractivity contribution < 1.29 is 22.6 Å². The van der Waals surface area contributed by atoms with Gasteiger partial charge in [0.2, 0.25) is 5.89 Å². The number of hydrogen-bond acceptors (Lipinski definition) is 9. The van der Waals surface area contributed by atoms with Crippen LogP contribution >= 0.6 is 11.3 Å². The molecule has 0 radical (unpaired) electrons. The zero-order chi connectivity index (χ0) is 23.0. The number of anilines is 1. The topological polar surface area (TPSA) is 145 Å². The highest BCUT2D eigenvalue weighted by atomic mass is 32.2. The van der Waals surface area contributed by atoms with Gasteiger partial charge in [-0.25, -0.2) is 8.42 Å². The van der Waals surface area contributed by atoms with Crippen molar-refractivity contribution in [1.29, 1.82) is 0 Å². The fourth-order valence-electron chi connectivity index (χ4n) is 2.88. The van der Waals surface area contributed by atoms with Gasteiger partial charge < -0.3 is 4.42 Å². The van der Waals surface area contributed by atoms with Gasteiger partial charge in [-0.3, -0.25) is 20.2 Å². The summed E-state index contributed by atoms with van der Waals surface area (Å²) in [5, 5.41) is 21.1. The standard InChI is InChI=1S/C20H16N4O6S2/c1-11(2)32(28,29)15-5-3-4-12(9-15)19-22-23-20(30-19)21-18(25)17-10-13-8-14(24(26)27)6-7-16(13)31-17/h3-11H,1-2H3,(H,21,23,25).